The molecule has 0 saturated heterocycles. The normalized spacial score (nSPS) is 13.6. The minimum Gasteiger partial charge on any atom is -0.286 e. The number of allylic oxidation sites excluding steroid dienone is 3. The first-order valence-electron chi connectivity index (χ1n) is 6.14. The molecule has 0 radical (unpaired) electrons. The first-order valence-corrected chi connectivity index (χ1v) is 6.14. The molecule has 2 aromatic rings. The summed E-state index contributed by atoms with van der Waals surface area (Å²) in [6.45, 7) is 11.4. The average molecular weight is 251 g/mol. The van der Waals surface area contributed by atoms with Crippen molar-refractivity contribution in [2.45, 2.75) is 13.8 Å². The number of hydrogen-bond acceptors (Lipinski definition) is 2. The van der Waals surface area contributed by atoms with Crippen molar-refractivity contribution in [3.05, 3.63) is 59.7 Å². The number of rotatable bonds is 3. The van der Waals surface area contributed by atoms with Gasteiger partial charge in [-0.05, 0) is 26.0 Å². The molecule has 0 amide bonds. The average Bonchev–Trinajstić information content (AvgIpc) is 2.74. The molecule has 96 valence electrons. The van der Waals surface area contributed by atoms with Gasteiger partial charge in [0.2, 0.25) is 0 Å². The Bertz CT molecular complexity index is 776. The van der Waals surface area contributed by atoms with Crippen LogP contribution in [0.1, 0.15) is 18.3 Å². The van der Waals surface area contributed by atoms with Gasteiger partial charge in [-0.2, -0.15) is 0 Å². The van der Waals surface area contributed by atoms with E-state index in [-0.39, 0.29) is 0 Å². The molecule has 0 aliphatic carbocycles. The van der Waals surface area contributed by atoms with E-state index in [1.54, 1.807) is 18.5 Å². The minimum atomic E-state index is 0.893. The molecule has 0 unspecified atom stereocenters. The zero-order chi connectivity index (χ0) is 13.8. The molecular weight excluding hydrogens is 234 g/mol. The van der Waals surface area contributed by atoms with Crippen molar-refractivity contribution in [2.75, 3.05) is 0 Å². The summed E-state index contributed by atoms with van der Waals surface area (Å²) in [5.41, 5.74) is 2.87. The third kappa shape index (κ3) is 2.27. The maximum absolute atomic E-state index is 4.67. The quantitative estimate of drug-likeness (QED) is 0.781. The Kier molecular flexibility index (Phi) is 3.76. The van der Waals surface area contributed by atoms with Gasteiger partial charge in [0.15, 0.2) is 0 Å². The zero-order valence-corrected chi connectivity index (χ0v) is 11.3. The largest absolute Gasteiger partial charge is 0.286 e. The van der Waals surface area contributed by atoms with Crippen LogP contribution >= 0.6 is 0 Å². The molecular formula is C16H17N3. The highest BCUT2D eigenvalue weighted by Gasteiger charge is 2.07. The fraction of sp³-hybridized carbons (Fsp3) is 0.125. The van der Waals surface area contributed by atoms with Crippen molar-refractivity contribution in [3.63, 3.8) is 0 Å². The molecule has 0 N–H and O–H groups in total. The maximum atomic E-state index is 4.67. The molecule has 0 bridgehead atoms. The van der Waals surface area contributed by atoms with Crippen LogP contribution in [-0.2, 0) is 0 Å². The third-order valence-electron chi connectivity index (χ3n) is 2.96. The molecule has 2 aromatic heterocycles. The van der Waals surface area contributed by atoms with E-state index in [0.29, 0.717) is 0 Å². The van der Waals surface area contributed by atoms with Gasteiger partial charge >= 0.3 is 0 Å². The molecule has 2 rings (SSSR count). The highest BCUT2D eigenvalue weighted by molar-refractivity contribution is 5.59. The van der Waals surface area contributed by atoms with Gasteiger partial charge in [0.05, 0.1) is 11.0 Å². The van der Waals surface area contributed by atoms with Crippen molar-refractivity contribution >= 4 is 23.9 Å². The van der Waals surface area contributed by atoms with E-state index in [0.717, 1.165) is 27.6 Å². The Balaban J connectivity index is 2.91. The molecule has 0 atom stereocenters. The van der Waals surface area contributed by atoms with Crippen molar-refractivity contribution in [3.8, 4) is 0 Å². The van der Waals surface area contributed by atoms with Crippen LogP contribution in [-0.4, -0.2) is 14.4 Å². The number of aromatic nitrogens is 3. The van der Waals surface area contributed by atoms with E-state index in [9.17, 15) is 0 Å². The van der Waals surface area contributed by atoms with Crippen LogP contribution in [0.4, 0.5) is 0 Å². The molecule has 0 aromatic carbocycles. The first-order chi connectivity index (χ1) is 9.22. The summed E-state index contributed by atoms with van der Waals surface area (Å²) >= 11 is 0. The van der Waals surface area contributed by atoms with E-state index in [2.05, 4.69) is 23.1 Å². The predicted octanol–water partition coefficient (Wildman–Crippen LogP) is 2.00. The minimum absolute atomic E-state index is 0.893. The predicted molar refractivity (Wildman–Crippen MR) is 81.0 cm³/mol. The Morgan fingerprint density at radius 1 is 1.26 bits per heavy atom. The van der Waals surface area contributed by atoms with Crippen LogP contribution in [0, 0.1) is 6.92 Å². The zero-order valence-electron chi connectivity index (χ0n) is 11.3. The van der Waals surface area contributed by atoms with Gasteiger partial charge in [0.1, 0.15) is 12.0 Å². The van der Waals surface area contributed by atoms with E-state index >= 15 is 0 Å². The third-order valence-corrected chi connectivity index (χ3v) is 2.96. The van der Waals surface area contributed by atoms with Crippen molar-refractivity contribution in [1.82, 2.24) is 14.4 Å². The van der Waals surface area contributed by atoms with Gasteiger partial charge in [0, 0.05) is 10.9 Å². The fourth-order valence-corrected chi connectivity index (χ4v) is 1.99. The summed E-state index contributed by atoms with van der Waals surface area (Å²) in [6.07, 6.45) is 13.0. The summed E-state index contributed by atoms with van der Waals surface area (Å²) in [7, 11) is 0. The number of nitrogens with zero attached hydrogens (tertiary/aromatic N) is 3. The second-order valence-electron chi connectivity index (χ2n) is 4.11. The summed E-state index contributed by atoms with van der Waals surface area (Å²) < 4.78 is 1.99. The SMILES string of the molecule is C=C/C=C\c1nc2c(=C/C=C)/c(=C\C)ncn2c1C. The fourth-order valence-electron chi connectivity index (χ4n) is 1.99. The lowest BCUT2D eigenvalue weighted by Crippen LogP contribution is -2.30. The summed E-state index contributed by atoms with van der Waals surface area (Å²) in [5.74, 6) is 0. The van der Waals surface area contributed by atoms with Crippen LogP contribution in [0.5, 0.6) is 0 Å². The highest BCUT2D eigenvalue weighted by atomic mass is 15.1. The molecule has 0 spiro atoms. The Hall–Kier alpha value is -2.42. The van der Waals surface area contributed by atoms with E-state index in [4.69, 9.17) is 0 Å². The van der Waals surface area contributed by atoms with E-state index in [1.165, 1.54) is 0 Å². The molecule has 0 saturated carbocycles. The van der Waals surface area contributed by atoms with Crippen LogP contribution in [0.2, 0.25) is 0 Å². The van der Waals surface area contributed by atoms with Crippen LogP contribution in [0.3, 0.4) is 0 Å². The molecule has 3 nitrogen and oxygen atoms in total. The molecule has 3 heteroatoms. The van der Waals surface area contributed by atoms with Gasteiger partial charge in [-0.1, -0.05) is 37.5 Å². The lowest BCUT2D eigenvalue weighted by molar-refractivity contribution is 1.01. The number of imidazole rings is 1. The van der Waals surface area contributed by atoms with Gasteiger partial charge in [-0.15, -0.1) is 0 Å². The van der Waals surface area contributed by atoms with Crippen molar-refractivity contribution < 1.29 is 0 Å². The molecule has 2 heterocycles. The first kappa shape index (κ1) is 13.0. The Morgan fingerprint density at radius 3 is 2.68 bits per heavy atom. The lowest BCUT2D eigenvalue weighted by atomic mass is 10.3. The summed E-state index contributed by atoms with van der Waals surface area (Å²) in [5, 5.41) is 1.90. The Labute approximate surface area is 112 Å². The van der Waals surface area contributed by atoms with Crippen LogP contribution in [0.15, 0.2) is 37.7 Å². The summed E-state index contributed by atoms with van der Waals surface area (Å²) in [4.78, 5) is 9.11. The molecule has 0 fully saturated rings. The van der Waals surface area contributed by atoms with Gasteiger partial charge in [0.25, 0.3) is 0 Å². The summed E-state index contributed by atoms with van der Waals surface area (Å²) in [6, 6.07) is 0. The van der Waals surface area contributed by atoms with Crippen LogP contribution < -0.4 is 10.6 Å². The smallest absolute Gasteiger partial charge is 0.148 e. The second-order valence-corrected chi connectivity index (χ2v) is 4.11. The topological polar surface area (TPSA) is 30.2 Å². The van der Waals surface area contributed by atoms with Crippen molar-refractivity contribution in [1.29, 1.82) is 0 Å². The van der Waals surface area contributed by atoms with Gasteiger partial charge < -0.3 is 0 Å². The van der Waals surface area contributed by atoms with Crippen molar-refractivity contribution in [2.24, 2.45) is 0 Å². The maximum Gasteiger partial charge on any atom is 0.148 e. The molecule has 19 heavy (non-hydrogen) atoms. The van der Waals surface area contributed by atoms with Crippen LogP contribution in [0.25, 0.3) is 23.9 Å². The van der Waals surface area contributed by atoms with Gasteiger partial charge in [-0.3, -0.25) is 4.40 Å². The molecule has 0 aliphatic rings. The van der Waals surface area contributed by atoms with E-state index < -0.39 is 0 Å². The monoisotopic (exact) mass is 251 g/mol. The van der Waals surface area contributed by atoms with Gasteiger partial charge in [-0.25, -0.2) is 9.97 Å². The number of hydrogen-bond donors (Lipinski definition) is 0. The lowest BCUT2D eigenvalue weighted by Gasteiger charge is -1.96. The standard InChI is InChI=1S/C16H17N3/c1-5-8-10-15-12(4)19-11-17-14(7-3)13(9-6-2)16(19)18-15/h5-11H,1-2H2,3-4H3/b10-8-,13-9+,14-7+. The van der Waals surface area contributed by atoms with E-state index in [1.807, 2.05) is 42.6 Å². The Morgan fingerprint density at radius 2 is 2.05 bits per heavy atom. The number of fused-ring (bicyclic) bond motifs is 1. The number of aryl methyl sites for hydroxylation is 1. The second kappa shape index (κ2) is 5.48. The highest BCUT2D eigenvalue weighted by Crippen LogP contribution is 2.09. The molecule has 0 aliphatic heterocycles.